The number of amides is 1. The highest BCUT2D eigenvalue weighted by Crippen LogP contribution is 2.24. The third kappa shape index (κ3) is 3.80. The van der Waals surface area contributed by atoms with Crippen LogP contribution in [0, 0.1) is 5.82 Å². The highest BCUT2D eigenvalue weighted by atomic mass is 19.1. The van der Waals surface area contributed by atoms with Crippen LogP contribution in [0.2, 0.25) is 0 Å². The summed E-state index contributed by atoms with van der Waals surface area (Å²) < 4.78 is 14.0. The van der Waals surface area contributed by atoms with E-state index in [9.17, 15) is 14.3 Å². The summed E-state index contributed by atoms with van der Waals surface area (Å²) in [5.41, 5.74) is 0.778. The van der Waals surface area contributed by atoms with Gasteiger partial charge in [0, 0.05) is 51.5 Å². The number of pyridine rings is 1. The second-order valence-corrected chi connectivity index (χ2v) is 7.39. The zero-order chi connectivity index (χ0) is 19.5. The number of benzene rings is 1. The fraction of sp³-hybridized carbons (Fsp3) is 0.429. The maximum Gasteiger partial charge on any atom is 0.276 e. The molecule has 1 aromatic carbocycles. The Bertz CT molecular complexity index is 839. The number of piperidine rings is 1. The molecular formula is C21H25FN4O2. The molecule has 1 unspecified atom stereocenters. The minimum atomic E-state index is -0.215. The maximum atomic E-state index is 14.0. The third-order valence-corrected chi connectivity index (χ3v) is 5.70. The van der Waals surface area contributed by atoms with Gasteiger partial charge in [0.2, 0.25) is 0 Å². The SMILES string of the molecule is O=C(c1ncccc1O)N1CCCC(N2CCN(c3ccccc3F)CC2)C1. The van der Waals surface area contributed by atoms with Crippen molar-refractivity contribution in [3.63, 3.8) is 0 Å². The summed E-state index contributed by atoms with van der Waals surface area (Å²) in [5, 5.41) is 9.93. The number of rotatable bonds is 3. The number of aromatic nitrogens is 1. The number of carbonyl (C=O) groups excluding carboxylic acids is 1. The van der Waals surface area contributed by atoms with E-state index in [1.54, 1.807) is 17.0 Å². The first-order valence-corrected chi connectivity index (χ1v) is 9.80. The van der Waals surface area contributed by atoms with Gasteiger partial charge in [-0.25, -0.2) is 9.37 Å². The number of para-hydroxylation sites is 1. The molecule has 0 radical (unpaired) electrons. The minimum Gasteiger partial charge on any atom is -0.505 e. The van der Waals surface area contributed by atoms with Gasteiger partial charge in [0.15, 0.2) is 5.69 Å². The highest BCUT2D eigenvalue weighted by Gasteiger charge is 2.31. The summed E-state index contributed by atoms with van der Waals surface area (Å²) in [5.74, 6) is -0.471. The van der Waals surface area contributed by atoms with E-state index in [1.165, 1.54) is 18.3 Å². The Morgan fingerprint density at radius 3 is 2.61 bits per heavy atom. The summed E-state index contributed by atoms with van der Waals surface area (Å²) in [4.78, 5) is 23.1. The molecule has 7 heteroatoms. The van der Waals surface area contributed by atoms with Gasteiger partial charge in [-0.15, -0.1) is 0 Å². The predicted molar refractivity (Wildman–Crippen MR) is 105 cm³/mol. The van der Waals surface area contributed by atoms with Crippen LogP contribution in [-0.2, 0) is 0 Å². The number of nitrogens with zero attached hydrogens (tertiary/aromatic N) is 4. The quantitative estimate of drug-likeness (QED) is 0.880. The fourth-order valence-corrected chi connectivity index (χ4v) is 4.18. The molecule has 6 nitrogen and oxygen atoms in total. The lowest BCUT2D eigenvalue weighted by Crippen LogP contribution is -2.56. The smallest absolute Gasteiger partial charge is 0.276 e. The summed E-state index contributed by atoms with van der Waals surface area (Å²) in [6.07, 6.45) is 3.49. The van der Waals surface area contributed by atoms with Gasteiger partial charge in [-0.05, 0) is 37.1 Å². The average Bonchev–Trinajstić information content (AvgIpc) is 2.74. The molecule has 148 valence electrons. The van der Waals surface area contributed by atoms with Crippen molar-refractivity contribution in [1.29, 1.82) is 0 Å². The van der Waals surface area contributed by atoms with E-state index in [-0.39, 0.29) is 29.2 Å². The molecule has 0 bridgehead atoms. The van der Waals surface area contributed by atoms with E-state index in [2.05, 4.69) is 14.8 Å². The van der Waals surface area contributed by atoms with E-state index in [0.29, 0.717) is 18.8 Å². The molecule has 0 aliphatic carbocycles. The molecule has 2 aliphatic heterocycles. The Balaban J connectivity index is 1.37. The van der Waals surface area contributed by atoms with E-state index < -0.39 is 0 Å². The molecule has 2 saturated heterocycles. The van der Waals surface area contributed by atoms with Crippen molar-refractivity contribution in [3.05, 3.63) is 54.1 Å². The lowest BCUT2D eigenvalue weighted by Gasteiger charge is -2.43. The van der Waals surface area contributed by atoms with Gasteiger partial charge in [0.05, 0.1) is 5.69 Å². The number of carbonyl (C=O) groups is 1. The fourth-order valence-electron chi connectivity index (χ4n) is 4.18. The molecular weight excluding hydrogens is 359 g/mol. The second kappa shape index (κ2) is 8.14. The first kappa shape index (κ1) is 18.7. The second-order valence-electron chi connectivity index (χ2n) is 7.39. The summed E-state index contributed by atoms with van der Waals surface area (Å²) >= 11 is 0. The van der Waals surface area contributed by atoms with Gasteiger partial charge in [-0.1, -0.05) is 12.1 Å². The largest absolute Gasteiger partial charge is 0.505 e. The molecule has 4 rings (SSSR count). The van der Waals surface area contributed by atoms with E-state index in [4.69, 9.17) is 0 Å². The predicted octanol–water partition coefficient (Wildman–Crippen LogP) is 2.35. The Labute approximate surface area is 164 Å². The van der Waals surface area contributed by atoms with Crippen LogP contribution >= 0.6 is 0 Å². The molecule has 1 aromatic heterocycles. The van der Waals surface area contributed by atoms with Crippen molar-refractivity contribution in [2.24, 2.45) is 0 Å². The molecule has 2 aliphatic rings. The summed E-state index contributed by atoms with van der Waals surface area (Å²) in [6, 6.07) is 10.3. The van der Waals surface area contributed by atoms with Crippen LogP contribution in [0.5, 0.6) is 5.75 Å². The van der Waals surface area contributed by atoms with Crippen LogP contribution in [0.4, 0.5) is 10.1 Å². The van der Waals surface area contributed by atoms with Gasteiger partial charge in [0.1, 0.15) is 11.6 Å². The normalized spacial score (nSPS) is 21.0. The van der Waals surface area contributed by atoms with Gasteiger partial charge in [-0.2, -0.15) is 0 Å². The van der Waals surface area contributed by atoms with E-state index >= 15 is 0 Å². The van der Waals surface area contributed by atoms with Crippen molar-refractivity contribution < 1.29 is 14.3 Å². The standard InChI is InChI=1S/C21H25FN4O2/c22-17-6-1-2-7-18(17)25-13-11-24(12-14-25)16-5-4-10-26(15-16)21(28)20-19(27)8-3-9-23-20/h1-3,6-9,16,27H,4-5,10-15H2. The molecule has 3 heterocycles. The third-order valence-electron chi connectivity index (χ3n) is 5.70. The van der Waals surface area contributed by atoms with Crippen molar-refractivity contribution >= 4 is 11.6 Å². The zero-order valence-electron chi connectivity index (χ0n) is 15.8. The molecule has 2 fully saturated rings. The number of hydrogen-bond acceptors (Lipinski definition) is 5. The molecule has 1 atom stereocenters. The molecule has 1 N–H and O–H groups in total. The van der Waals surface area contributed by atoms with E-state index in [0.717, 1.165) is 39.0 Å². The molecule has 2 aromatic rings. The summed E-state index contributed by atoms with van der Waals surface area (Å²) in [7, 11) is 0. The Morgan fingerprint density at radius 2 is 1.86 bits per heavy atom. The van der Waals surface area contributed by atoms with Crippen molar-refractivity contribution in [2.75, 3.05) is 44.2 Å². The van der Waals surface area contributed by atoms with Crippen molar-refractivity contribution in [2.45, 2.75) is 18.9 Å². The van der Waals surface area contributed by atoms with Crippen LogP contribution in [-0.4, -0.2) is 71.1 Å². The molecule has 1 amide bonds. The number of halogens is 1. The zero-order valence-corrected chi connectivity index (χ0v) is 15.8. The topological polar surface area (TPSA) is 59.9 Å². The Kier molecular flexibility index (Phi) is 5.43. The van der Waals surface area contributed by atoms with Gasteiger partial charge >= 0.3 is 0 Å². The van der Waals surface area contributed by atoms with Crippen molar-refractivity contribution in [3.8, 4) is 5.75 Å². The van der Waals surface area contributed by atoms with Crippen molar-refractivity contribution in [1.82, 2.24) is 14.8 Å². The van der Waals surface area contributed by atoms with Crippen LogP contribution in [0.1, 0.15) is 23.3 Å². The number of likely N-dealkylation sites (tertiary alicyclic amines) is 1. The van der Waals surface area contributed by atoms with Crippen LogP contribution in [0.15, 0.2) is 42.6 Å². The molecule has 28 heavy (non-hydrogen) atoms. The van der Waals surface area contributed by atoms with Gasteiger partial charge < -0.3 is 14.9 Å². The van der Waals surface area contributed by atoms with Gasteiger partial charge in [0.25, 0.3) is 5.91 Å². The Morgan fingerprint density at radius 1 is 1.07 bits per heavy atom. The maximum absolute atomic E-state index is 14.0. The first-order valence-electron chi connectivity index (χ1n) is 9.80. The van der Waals surface area contributed by atoms with Gasteiger partial charge in [-0.3, -0.25) is 9.69 Å². The monoisotopic (exact) mass is 384 g/mol. The summed E-state index contributed by atoms with van der Waals surface area (Å²) in [6.45, 7) is 4.54. The lowest BCUT2D eigenvalue weighted by molar-refractivity contribution is 0.0555. The first-order chi connectivity index (χ1) is 13.6. The lowest BCUT2D eigenvalue weighted by atomic mass is 10.0. The minimum absolute atomic E-state index is 0.0758. The Hall–Kier alpha value is -2.67. The average molecular weight is 384 g/mol. The molecule has 0 spiro atoms. The number of anilines is 1. The van der Waals surface area contributed by atoms with Crippen LogP contribution < -0.4 is 4.90 Å². The molecule has 0 saturated carbocycles. The number of aromatic hydroxyl groups is 1. The van der Waals surface area contributed by atoms with E-state index in [1.807, 2.05) is 12.1 Å². The highest BCUT2D eigenvalue weighted by molar-refractivity contribution is 5.94. The van der Waals surface area contributed by atoms with Crippen LogP contribution in [0.3, 0.4) is 0 Å². The number of hydrogen-bond donors (Lipinski definition) is 1. The van der Waals surface area contributed by atoms with Crippen LogP contribution in [0.25, 0.3) is 0 Å². The number of piperazine rings is 1.